The fourth-order valence-electron chi connectivity index (χ4n) is 2.80. The highest BCUT2D eigenvalue weighted by molar-refractivity contribution is 6.33. The Morgan fingerprint density at radius 2 is 1.97 bits per heavy atom. The molecule has 0 aliphatic heterocycles. The summed E-state index contributed by atoms with van der Waals surface area (Å²) in [5.41, 5.74) is 0.0607. The average Bonchev–Trinajstić information content (AvgIpc) is 3.07. The van der Waals surface area contributed by atoms with Crippen molar-refractivity contribution in [2.45, 2.75) is 32.6 Å². The number of aromatic nitrogens is 3. The lowest BCUT2D eigenvalue weighted by Crippen LogP contribution is -2.43. The zero-order chi connectivity index (χ0) is 21.2. The van der Waals surface area contributed by atoms with Gasteiger partial charge in [-0.15, -0.1) is 10.2 Å². The van der Waals surface area contributed by atoms with Crippen LogP contribution in [0.15, 0.2) is 42.6 Å². The van der Waals surface area contributed by atoms with Crippen molar-refractivity contribution in [2.75, 3.05) is 5.32 Å². The Morgan fingerprint density at radius 3 is 2.62 bits per heavy atom. The average molecular weight is 426 g/mol. The minimum absolute atomic E-state index is 0.110. The summed E-state index contributed by atoms with van der Waals surface area (Å²) < 4.78 is 40.2. The molecule has 0 aliphatic rings. The van der Waals surface area contributed by atoms with E-state index in [2.05, 4.69) is 20.8 Å². The van der Waals surface area contributed by atoms with Crippen LogP contribution in [0.3, 0.4) is 0 Å². The van der Waals surface area contributed by atoms with Crippen molar-refractivity contribution in [3.63, 3.8) is 0 Å². The highest BCUT2D eigenvalue weighted by Crippen LogP contribution is 2.34. The van der Waals surface area contributed by atoms with Crippen molar-refractivity contribution in [3.05, 3.63) is 59.0 Å². The number of hydrogen-bond acceptors (Lipinski definition) is 4. The van der Waals surface area contributed by atoms with Gasteiger partial charge in [-0.25, -0.2) is 0 Å². The van der Waals surface area contributed by atoms with Gasteiger partial charge in [-0.1, -0.05) is 31.5 Å². The first-order valence-electron chi connectivity index (χ1n) is 8.86. The lowest BCUT2D eigenvalue weighted by Gasteiger charge is -2.23. The maximum atomic E-state index is 12.8. The summed E-state index contributed by atoms with van der Waals surface area (Å²) in [6.07, 6.45) is -2.70. The second-order valence-electron chi connectivity index (χ2n) is 6.82. The number of nitrogens with one attached hydrogen (secondary N) is 2. The Labute approximate surface area is 170 Å². The number of benzene rings is 1. The van der Waals surface area contributed by atoms with Crippen molar-refractivity contribution in [1.82, 2.24) is 19.9 Å². The highest BCUT2D eigenvalue weighted by Gasteiger charge is 2.31. The van der Waals surface area contributed by atoms with Crippen LogP contribution in [0.2, 0.25) is 5.02 Å². The van der Waals surface area contributed by atoms with Gasteiger partial charge in [-0.05, 0) is 36.2 Å². The lowest BCUT2D eigenvalue weighted by molar-refractivity contribution is -0.137. The van der Waals surface area contributed by atoms with E-state index in [0.29, 0.717) is 11.5 Å². The summed E-state index contributed by atoms with van der Waals surface area (Å²) in [7, 11) is 0. The van der Waals surface area contributed by atoms with E-state index < -0.39 is 17.8 Å². The van der Waals surface area contributed by atoms with Gasteiger partial charge in [0.15, 0.2) is 11.5 Å². The monoisotopic (exact) mass is 425 g/mol. The number of alkyl halides is 3. The van der Waals surface area contributed by atoms with E-state index >= 15 is 0 Å². The van der Waals surface area contributed by atoms with Crippen molar-refractivity contribution in [2.24, 2.45) is 5.92 Å². The Kier molecular flexibility index (Phi) is 5.97. The number of carbonyl (C=O) groups excluding carboxylic acids is 1. The zero-order valence-electron chi connectivity index (χ0n) is 15.7. The number of pyridine rings is 1. The Hall–Kier alpha value is -2.81. The normalized spacial score (nSPS) is 12.9. The summed E-state index contributed by atoms with van der Waals surface area (Å²) in [5.74, 6) is 0.0798. The van der Waals surface area contributed by atoms with Crippen LogP contribution in [0, 0.1) is 5.92 Å². The van der Waals surface area contributed by atoms with Crippen LogP contribution in [0.1, 0.15) is 25.2 Å². The minimum atomic E-state index is -4.49. The molecule has 2 heterocycles. The summed E-state index contributed by atoms with van der Waals surface area (Å²) >= 11 is 6.00. The minimum Gasteiger partial charge on any atom is -0.372 e. The molecule has 0 aliphatic carbocycles. The molecule has 0 spiro atoms. The van der Waals surface area contributed by atoms with Crippen LogP contribution < -0.4 is 10.6 Å². The van der Waals surface area contributed by atoms with E-state index in [1.807, 2.05) is 26.0 Å². The highest BCUT2D eigenvalue weighted by atomic mass is 35.5. The van der Waals surface area contributed by atoms with E-state index in [1.165, 1.54) is 6.07 Å². The molecule has 2 aromatic heterocycles. The number of amides is 1. The fraction of sp³-hybridized carbons (Fsp3) is 0.316. The smallest absolute Gasteiger partial charge is 0.372 e. The van der Waals surface area contributed by atoms with Crippen LogP contribution in [0.4, 0.5) is 18.9 Å². The number of fused-ring (bicyclic) bond motifs is 1. The molecule has 0 saturated carbocycles. The molecule has 1 amide bonds. The van der Waals surface area contributed by atoms with E-state index in [0.717, 1.165) is 12.1 Å². The number of carbonyl (C=O) groups is 1. The quantitative estimate of drug-likeness (QED) is 0.622. The van der Waals surface area contributed by atoms with Crippen LogP contribution in [0.5, 0.6) is 0 Å². The molecule has 0 fully saturated rings. The summed E-state index contributed by atoms with van der Waals surface area (Å²) in [4.78, 5) is 12.7. The number of rotatable bonds is 6. The molecule has 0 saturated heterocycles. The first-order chi connectivity index (χ1) is 13.7. The summed E-state index contributed by atoms with van der Waals surface area (Å²) in [6, 6.07) is 7.73. The molecule has 0 bridgehead atoms. The molecule has 2 N–H and O–H groups in total. The fourth-order valence-corrected chi connectivity index (χ4v) is 3.03. The van der Waals surface area contributed by atoms with E-state index in [9.17, 15) is 18.0 Å². The summed E-state index contributed by atoms with van der Waals surface area (Å²) in [5, 5.41) is 13.7. The van der Waals surface area contributed by atoms with Crippen LogP contribution in [-0.4, -0.2) is 26.5 Å². The van der Waals surface area contributed by atoms with E-state index in [1.54, 1.807) is 16.7 Å². The molecule has 0 radical (unpaired) electrons. The predicted octanol–water partition coefficient (Wildman–Crippen LogP) is 4.15. The summed E-state index contributed by atoms with van der Waals surface area (Å²) in [6.45, 7) is 3.79. The van der Waals surface area contributed by atoms with Gasteiger partial charge in [0.1, 0.15) is 6.04 Å². The Bertz CT molecular complexity index is 1020. The van der Waals surface area contributed by atoms with Gasteiger partial charge in [-0.3, -0.25) is 9.20 Å². The van der Waals surface area contributed by atoms with Crippen LogP contribution in [0.25, 0.3) is 5.65 Å². The first-order valence-corrected chi connectivity index (χ1v) is 9.24. The van der Waals surface area contributed by atoms with Crippen molar-refractivity contribution in [3.8, 4) is 0 Å². The largest absolute Gasteiger partial charge is 0.416 e. The van der Waals surface area contributed by atoms with Gasteiger partial charge in [0.2, 0.25) is 5.91 Å². The molecule has 154 valence electrons. The van der Waals surface area contributed by atoms with Crippen LogP contribution in [-0.2, 0) is 17.5 Å². The molecule has 3 aromatic rings. The van der Waals surface area contributed by atoms with E-state index in [4.69, 9.17) is 11.6 Å². The first kappa shape index (κ1) is 20.9. The molecule has 0 unspecified atom stereocenters. The topological polar surface area (TPSA) is 71.3 Å². The third-order valence-corrected chi connectivity index (χ3v) is 4.67. The molecular weight excluding hydrogens is 407 g/mol. The third-order valence-electron chi connectivity index (χ3n) is 4.36. The number of hydrogen-bond donors (Lipinski definition) is 2. The second-order valence-corrected chi connectivity index (χ2v) is 7.23. The van der Waals surface area contributed by atoms with E-state index in [-0.39, 0.29) is 29.1 Å². The van der Waals surface area contributed by atoms with Gasteiger partial charge >= 0.3 is 6.18 Å². The Morgan fingerprint density at radius 1 is 1.21 bits per heavy atom. The third kappa shape index (κ3) is 4.79. The van der Waals surface area contributed by atoms with Crippen molar-refractivity contribution in [1.29, 1.82) is 0 Å². The van der Waals surface area contributed by atoms with Gasteiger partial charge in [-0.2, -0.15) is 13.2 Å². The zero-order valence-corrected chi connectivity index (χ0v) is 16.4. The van der Waals surface area contributed by atoms with Crippen molar-refractivity contribution < 1.29 is 18.0 Å². The van der Waals surface area contributed by atoms with Crippen molar-refractivity contribution >= 4 is 28.8 Å². The van der Waals surface area contributed by atoms with Crippen LogP contribution >= 0.6 is 11.6 Å². The maximum absolute atomic E-state index is 12.8. The number of anilines is 1. The van der Waals surface area contributed by atoms with Gasteiger partial charge in [0, 0.05) is 6.20 Å². The molecule has 6 nitrogen and oxygen atoms in total. The standard InChI is InChI=1S/C19H19ClF3N5O/c1-11(2)17(25-14-7-6-12(9-13(14)20)19(21,22)23)18(29)24-10-16-27-26-15-5-3-4-8-28(15)16/h3-9,11,17,25H,10H2,1-2H3,(H,24,29)/t17-/m0/s1. The van der Waals surface area contributed by atoms with Gasteiger partial charge in [0.05, 0.1) is 22.8 Å². The number of nitrogens with zero attached hydrogens (tertiary/aromatic N) is 3. The molecule has 29 heavy (non-hydrogen) atoms. The molecule has 1 atom stereocenters. The molecule has 3 rings (SSSR count). The predicted molar refractivity (Wildman–Crippen MR) is 104 cm³/mol. The van der Waals surface area contributed by atoms with Gasteiger partial charge < -0.3 is 10.6 Å². The maximum Gasteiger partial charge on any atom is 0.416 e. The molecule has 10 heteroatoms. The Balaban J connectivity index is 1.71. The SMILES string of the molecule is CC(C)[C@H](Nc1ccc(C(F)(F)F)cc1Cl)C(=O)NCc1nnc2ccccn12. The van der Waals surface area contributed by atoms with Gasteiger partial charge in [0.25, 0.3) is 0 Å². The number of halogens is 4. The molecule has 1 aromatic carbocycles. The molecular formula is C19H19ClF3N5O. The second kappa shape index (κ2) is 8.28. The lowest BCUT2D eigenvalue weighted by atomic mass is 10.0.